The Morgan fingerprint density at radius 3 is 2.37 bits per heavy atom. The maximum atomic E-state index is 6.13. The van der Waals surface area contributed by atoms with E-state index in [9.17, 15) is 0 Å². The molecule has 3 aromatic rings. The molecule has 2 aromatic carbocycles. The van der Waals surface area contributed by atoms with Crippen LogP contribution in [0.3, 0.4) is 0 Å². The Morgan fingerprint density at radius 1 is 0.895 bits per heavy atom. The molecule has 0 amide bonds. The molecule has 0 spiro atoms. The van der Waals surface area contributed by atoms with Crippen LogP contribution in [0.1, 0.15) is 0 Å². The molecule has 0 fully saturated rings. The van der Waals surface area contributed by atoms with Gasteiger partial charge in [-0.1, -0.05) is 52.7 Å². The lowest BCUT2D eigenvalue weighted by Crippen LogP contribution is -1.95. The van der Waals surface area contributed by atoms with Gasteiger partial charge in [0.2, 0.25) is 0 Å². The van der Waals surface area contributed by atoms with E-state index in [1.807, 2.05) is 54.7 Å². The van der Waals surface area contributed by atoms with Gasteiger partial charge in [0.25, 0.3) is 0 Å². The summed E-state index contributed by atoms with van der Waals surface area (Å²) < 4.78 is 1.66. The third-order valence-electron chi connectivity index (χ3n) is 2.73. The summed E-state index contributed by atoms with van der Waals surface area (Å²) in [5.41, 5.74) is 2.54. The lowest BCUT2D eigenvalue weighted by molar-refractivity contribution is 0.804. The van der Waals surface area contributed by atoms with Crippen molar-refractivity contribution in [2.75, 3.05) is 0 Å². The van der Waals surface area contributed by atoms with E-state index in [-0.39, 0.29) is 0 Å². The zero-order valence-electron chi connectivity index (χ0n) is 9.79. The molecule has 94 valence electrons. The van der Waals surface area contributed by atoms with Crippen LogP contribution in [0.4, 0.5) is 0 Å². The third kappa shape index (κ3) is 2.48. The maximum Gasteiger partial charge on any atom is 0.113 e. The molecular weight excluding hydrogens is 281 g/mol. The lowest BCUT2D eigenvalue weighted by Gasteiger charge is -2.01. The highest BCUT2D eigenvalue weighted by Gasteiger charge is 2.07. The van der Waals surface area contributed by atoms with Crippen molar-refractivity contribution in [2.45, 2.75) is 0 Å². The number of hydrogen-bond acceptors (Lipinski definition) is 2. The zero-order valence-corrected chi connectivity index (χ0v) is 11.3. The molecular formula is C14H9Cl2N3. The van der Waals surface area contributed by atoms with Gasteiger partial charge in [-0.15, -0.1) is 5.10 Å². The first-order valence-corrected chi connectivity index (χ1v) is 6.43. The molecule has 1 heterocycles. The van der Waals surface area contributed by atoms with Crippen molar-refractivity contribution in [3.05, 3.63) is 64.8 Å². The highest BCUT2D eigenvalue weighted by Crippen LogP contribution is 2.23. The largest absolute Gasteiger partial charge is 0.219 e. The summed E-state index contributed by atoms with van der Waals surface area (Å²) in [4.78, 5) is 0. The van der Waals surface area contributed by atoms with Crippen molar-refractivity contribution in [3.8, 4) is 16.9 Å². The minimum Gasteiger partial charge on any atom is -0.219 e. The van der Waals surface area contributed by atoms with E-state index in [2.05, 4.69) is 10.3 Å². The quantitative estimate of drug-likeness (QED) is 0.706. The first kappa shape index (κ1) is 12.2. The average Bonchev–Trinajstić information content (AvgIpc) is 2.89. The number of nitrogens with zero attached hydrogens (tertiary/aromatic N) is 3. The second-order valence-corrected chi connectivity index (χ2v) is 4.85. The molecule has 1 aromatic heterocycles. The SMILES string of the molecule is Clc1ccc(-c2cn(-c3ccccc3Cl)nn2)cc1. The number of rotatable bonds is 2. The first-order chi connectivity index (χ1) is 9.24. The molecule has 0 saturated carbocycles. The molecule has 0 unspecified atom stereocenters. The van der Waals surface area contributed by atoms with Gasteiger partial charge in [-0.2, -0.15) is 0 Å². The summed E-state index contributed by atoms with van der Waals surface area (Å²) in [5.74, 6) is 0. The summed E-state index contributed by atoms with van der Waals surface area (Å²) in [7, 11) is 0. The van der Waals surface area contributed by atoms with Crippen LogP contribution in [0.5, 0.6) is 0 Å². The van der Waals surface area contributed by atoms with Crippen LogP contribution in [-0.2, 0) is 0 Å². The highest BCUT2D eigenvalue weighted by atomic mass is 35.5. The van der Waals surface area contributed by atoms with Crippen LogP contribution in [0.15, 0.2) is 54.7 Å². The molecule has 0 saturated heterocycles. The minimum atomic E-state index is 0.634. The number of hydrogen-bond donors (Lipinski definition) is 0. The summed E-state index contributed by atoms with van der Waals surface area (Å²) in [6.07, 6.45) is 1.84. The number of aromatic nitrogens is 3. The zero-order chi connectivity index (χ0) is 13.2. The monoisotopic (exact) mass is 289 g/mol. The fourth-order valence-corrected chi connectivity index (χ4v) is 2.12. The van der Waals surface area contributed by atoms with E-state index in [1.165, 1.54) is 0 Å². The molecule has 0 aliphatic carbocycles. The summed E-state index contributed by atoms with van der Waals surface area (Å²) in [6.45, 7) is 0. The highest BCUT2D eigenvalue weighted by molar-refractivity contribution is 6.32. The Labute approximate surface area is 120 Å². The molecule has 0 aliphatic rings. The smallest absolute Gasteiger partial charge is 0.113 e. The molecule has 3 nitrogen and oxygen atoms in total. The second kappa shape index (κ2) is 5.03. The van der Waals surface area contributed by atoms with Crippen LogP contribution >= 0.6 is 23.2 Å². The van der Waals surface area contributed by atoms with Crippen LogP contribution in [0.25, 0.3) is 16.9 Å². The van der Waals surface area contributed by atoms with Crippen LogP contribution in [-0.4, -0.2) is 15.0 Å². The predicted octanol–water partition coefficient (Wildman–Crippen LogP) is 4.24. The van der Waals surface area contributed by atoms with Crippen LogP contribution in [0, 0.1) is 0 Å². The van der Waals surface area contributed by atoms with Crippen LogP contribution < -0.4 is 0 Å². The Kier molecular flexibility index (Phi) is 3.23. The van der Waals surface area contributed by atoms with Gasteiger partial charge in [0.05, 0.1) is 16.9 Å². The summed E-state index contributed by atoms with van der Waals surface area (Å²) in [5, 5.41) is 9.57. The average molecular weight is 290 g/mol. The van der Waals surface area contributed by atoms with Gasteiger partial charge in [-0.05, 0) is 24.3 Å². The van der Waals surface area contributed by atoms with Crippen molar-refractivity contribution in [3.63, 3.8) is 0 Å². The summed E-state index contributed by atoms with van der Waals surface area (Å²) >= 11 is 12.0. The Hall–Kier alpha value is -1.84. The Morgan fingerprint density at radius 2 is 1.63 bits per heavy atom. The topological polar surface area (TPSA) is 30.7 Å². The summed E-state index contributed by atoms with van der Waals surface area (Å²) in [6, 6.07) is 15.0. The van der Waals surface area contributed by atoms with Gasteiger partial charge < -0.3 is 0 Å². The van der Waals surface area contributed by atoms with Gasteiger partial charge in [-0.25, -0.2) is 4.68 Å². The molecule has 0 bridgehead atoms. The van der Waals surface area contributed by atoms with E-state index >= 15 is 0 Å². The van der Waals surface area contributed by atoms with Crippen molar-refractivity contribution >= 4 is 23.2 Å². The van der Waals surface area contributed by atoms with Gasteiger partial charge in [-0.3, -0.25) is 0 Å². The second-order valence-electron chi connectivity index (χ2n) is 4.01. The molecule has 0 N–H and O–H groups in total. The fourth-order valence-electron chi connectivity index (χ4n) is 1.77. The number of halogens is 2. The standard InChI is InChI=1S/C14H9Cl2N3/c15-11-7-5-10(6-8-11)13-9-19(18-17-13)14-4-2-1-3-12(14)16/h1-9H. The maximum absolute atomic E-state index is 6.13. The lowest BCUT2D eigenvalue weighted by atomic mass is 10.2. The third-order valence-corrected chi connectivity index (χ3v) is 3.30. The predicted molar refractivity (Wildman–Crippen MR) is 76.8 cm³/mol. The Bertz CT molecular complexity index is 705. The fraction of sp³-hybridized carbons (Fsp3) is 0. The molecule has 0 radical (unpaired) electrons. The van der Waals surface area contributed by atoms with Crippen molar-refractivity contribution in [1.29, 1.82) is 0 Å². The molecule has 0 aliphatic heterocycles. The van der Waals surface area contributed by atoms with E-state index in [1.54, 1.807) is 4.68 Å². The van der Waals surface area contributed by atoms with Crippen molar-refractivity contribution in [1.82, 2.24) is 15.0 Å². The van der Waals surface area contributed by atoms with Gasteiger partial charge in [0.15, 0.2) is 0 Å². The first-order valence-electron chi connectivity index (χ1n) is 5.67. The van der Waals surface area contributed by atoms with Crippen molar-refractivity contribution in [2.24, 2.45) is 0 Å². The van der Waals surface area contributed by atoms with Gasteiger partial charge in [0.1, 0.15) is 5.69 Å². The van der Waals surface area contributed by atoms with E-state index in [4.69, 9.17) is 23.2 Å². The van der Waals surface area contributed by atoms with Crippen LogP contribution in [0.2, 0.25) is 10.0 Å². The molecule has 19 heavy (non-hydrogen) atoms. The van der Waals surface area contributed by atoms with Crippen molar-refractivity contribution < 1.29 is 0 Å². The van der Waals surface area contributed by atoms with E-state index < -0.39 is 0 Å². The molecule has 3 rings (SSSR count). The number of para-hydroxylation sites is 1. The number of benzene rings is 2. The minimum absolute atomic E-state index is 0.634. The van der Waals surface area contributed by atoms with E-state index in [0.29, 0.717) is 10.0 Å². The molecule has 0 atom stereocenters. The normalized spacial score (nSPS) is 10.6. The van der Waals surface area contributed by atoms with Gasteiger partial charge in [0, 0.05) is 10.6 Å². The molecule has 5 heteroatoms. The van der Waals surface area contributed by atoms with Gasteiger partial charge >= 0.3 is 0 Å². The Balaban J connectivity index is 2.00. The van der Waals surface area contributed by atoms with E-state index in [0.717, 1.165) is 16.9 Å².